The van der Waals surface area contributed by atoms with Crippen LogP contribution in [-0.2, 0) is 0 Å². The average Bonchev–Trinajstić information content (AvgIpc) is 2.53. The summed E-state index contributed by atoms with van der Waals surface area (Å²) in [5, 5.41) is 9.13. The summed E-state index contributed by atoms with van der Waals surface area (Å²) in [4.78, 5) is 3.03. The molecule has 3 heteroatoms. The van der Waals surface area contributed by atoms with Crippen LogP contribution in [0.25, 0.3) is 0 Å². The predicted molar refractivity (Wildman–Crippen MR) is 62.0 cm³/mol. The van der Waals surface area contributed by atoms with Gasteiger partial charge in [0.05, 0.1) is 11.1 Å². The van der Waals surface area contributed by atoms with Crippen molar-refractivity contribution in [1.82, 2.24) is 4.90 Å². The van der Waals surface area contributed by atoms with E-state index in [1.165, 1.54) is 12.8 Å². The lowest BCUT2D eigenvalue weighted by atomic mass is 9.81. The van der Waals surface area contributed by atoms with Crippen molar-refractivity contribution in [3.05, 3.63) is 0 Å². The zero-order chi connectivity index (χ0) is 10.8. The maximum Gasteiger partial charge on any atom is 0.101 e. The highest BCUT2D eigenvalue weighted by Crippen LogP contribution is 2.29. The molecule has 1 saturated heterocycles. The topological polar surface area (TPSA) is 27.0 Å². The fourth-order valence-corrected chi connectivity index (χ4v) is 2.33. The number of rotatable bonds is 1. The average molecular weight is 210 g/mol. The summed E-state index contributed by atoms with van der Waals surface area (Å²) in [5.41, 5.74) is -0.0472. The second kappa shape index (κ2) is 4.27. The maximum atomic E-state index is 9.13. The van der Waals surface area contributed by atoms with E-state index in [1.54, 1.807) is 0 Å². The van der Waals surface area contributed by atoms with Crippen LogP contribution in [0.15, 0.2) is 0 Å². The van der Waals surface area contributed by atoms with E-state index in [2.05, 4.69) is 31.7 Å². The summed E-state index contributed by atoms with van der Waals surface area (Å²) in [7, 11) is 0. The molecular formula is C11H18N2S. The molecule has 1 rings (SSSR count). The monoisotopic (exact) mass is 210 g/mol. The quantitative estimate of drug-likeness (QED) is 0.622. The number of likely N-dealkylation sites (tertiary alicyclic amines) is 1. The van der Waals surface area contributed by atoms with Crippen LogP contribution in [0.1, 0.15) is 33.6 Å². The Labute approximate surface area is 91.9 Å². The minimum Gasteiger partial charge on any atom is -0.365 e. The van der Waals surface area contributed by atoms with Gasteiger partial charge in [-0.3, -0.25) is 0 Å². The molecule has 0 N–H and O–H groups in total. The Bertz CT molecular complexity index is 253. The lowest BCUT2D eigenvalue weighted by molar-refractivity contribution is 0.344. The van der Waals surface area contributed by atoms with Gasteiger partial charge in [0.1, 0.15) is 5.92 Å². The number of hydrogen-bond acceptors (Lipinski definition) is 2. The van der Waals surface area contributed by atoms with E-state index in [1.807, 2.05) is 0 Å². The van der Waals surface area contributed by atoms with Gasteiger partial charge in [0.2, 0.25) is 0 Å². The number of thiocarbonyl (C=S) groups is 1. The van der Waals surface area contributed by atoms with Crippen LogP contribution in [-0.4, -0.2) is 23.0 Å². The largest absolute Gasteiger partial charge is 0.365 e. The van der Waals surface area contributed by atoms with Gasteiger partial charge in [-0.05, 0) is 18.3 Å². The van der Waals surface area contributed by atoms with Gasteiger partial charge in [0.15, 0.2) is 0 Å². The lowest BCUT2D eigenvalue weighted by Crippen LogP contribution is -2.37. The lowest BCUT2D eigenvalue weighted by Gasteiger charge is -2.30. The van der Waals surface area contributed by atoms with Crippen LogP contribution >= 0.6 is 12.2 Å². The summed E-state index contributed by atoms with van der Waals surface area (Å²) < 4.78 is 0. The molecule has 0 radical (unpaired) electrons. The summed E-state index contributed by atoms with van der Waals surface area (Å²) >= 11 is 5.39. The predicted octanol–water partition coefficient (Wildman–Crippen LogP) is 2.60. The molecule has 0 aliphatic carbocycles. The zero-order valence-corrected chi connectivity index (χ0v) is 10.0. The molecule has 1 aliphatic heterocycles. The molecule has 0 aromatic carbocycles. The third kappa shape index (κ3) is 2.45. The molecule has 1 atom stereocenters. The molecule has 14 heavy (non-hydrogen) atoms. The fourth-order valence-electron chi connectivity index (χ4n) is 1.74. The van der Waals surface area contributed by atoms with Crippen LogP contribution in [0.5, 0.6) is 0 Å². The summed E-state index contributed by atoms with van der Waals surface area (Å²) in [6, 6.07) is 2.34. The summed E-state index contributed by atoms with van der Waals surface area (Å²) in [5.74, 6) is -0.129. The maximum absolute atomic E-state index is 9.13. The molecule has 0 aromatic heterocycles. The normalized spacial score (nSPS) is 19.1. The highest BCUT2D eigenvalue weighted by atomic mass is 32.1. The second-order valence-corrected chi connectivity index (χ2v) is 5.38. The number of nitrogens with zero attached hydrogens (tertiary/aromatic N) is 2. The first-order chi connectivity index (χ1) is 6.46. The SMILES string of the molecule is CC(C)(C)C(C#N)C(=S)N1CCCC1. The molecule has 0 amide bonds. The first kappa shape index (κ1) is 11.5. The molecule has 0 aromatic rings. The Morgan fingerprint density at radius 1 is 1.36 bits per heavy atom. The smallest absolute Gasteiger partial charge is 0.101 e. The van der Waals surface area contributed by atoms with Crippen molar-refractivity contribution < 1.29 is 0 Å². The highest BCUT2D eigenvalue weighted by Gasteiger charge is 2.32. The van der Waals surface area contributed by atoms with E-state index in [-0.39, 0.29) is 11.3 Å². The first-order valence-electron chi connectivity index (χ1n) is 5.15. The van der Waals surface area contributed by atoms with Gasteiger partial charge < -0.3 is 4.90 Å². The molecule has 1 unspecified atom stereocenters. The van der Waals surface area contributed by atoms with Crippen LogP contribution in [0.2, 0.25) is 0 Å². The molecule has 0 bridgehead atoms. The van der Waals surface area contributed by atoms with Gasteiger partial charge in [-0.15, -0.1) is 0 Å². The van der Waals surface area contributed by atoms with E-state index in [0.717, 1.165) is 18.1 Å². The van der Waals surface area contributed by atoms with Gasteiger partial charge in [0.25, 0.3) is 0 Å². The Kier molecular flexibility index (Phi) is 3.49. The van der Waals surface area contributed by atoms with Gasteiger partial charge in [-0.25, -0.2) is 0 Å². The Balaban J connectivity index is 2.71. The zero-order valence-electron chi connectivity index (χ0n) is 9.21. The molecule has 1 heterocycles. The summed E-state index contributed by atoms with van der Waals surface area (Å²) in [6.45, 7) is 8.29. The molecular weight excluding hydrogens is 192 g/mol. The van der Waals surface area contributed by atoms with Crippen molar-refractivity contribution in [2.75, 3.05) is 13.1 Å². The van der Waals surface area contributed by atoms with E-state index < -0.39 is 0 Å². The van der Waals surface area contributed by atoms with Crippen molar-refractivity contribution in [2.45, 2.75) is 33.6 Å². The summed E-state index contributed by atoms with van der Waals surface area (Å²) in [6.07, 6.45) is 2.42. The van der Waals surface area contributed by atoms with Crippen LogP contribution in [0.4, 0.5) is 0 Å². The van der Waals surface area contributed by atoms with Gasteiger partial charge in [-0.1, -0.05) is 33.0 Å². The van der Waals surface area contributed by atoms with E-state index >= 15 is 0 Å². The van der Waals surface area contributed by atoms with Crippen molar-refractivity contribution in [1.29, 1.82) is 5.26 Å². The Morgan fingerprint density at radius 2 is 1.86 bits per heavy atom. The van der Waals surface area contributed by atoms with Crippen LogP contribution in [0, 0.1) is 22.7 Å². The van der Waals surface area contributed by atoms with Gasteiger partial charge >= 0.3 is 0 Å². The fraction of sp³-hybridized carbons (Fsp3) is 0.818. The van der Waals surface area contributed by atoms with Gasteiger partial charge in [0, 0.05) is 13.1 Å². The third-order valence-corrected chi connectivity index (χ3v) is 3.15. The third-order valence-electron chi connectivity index (χ3n) is 2.66. The molecule has 0 spiro atoms. The molecule has 0 saturated carbocycles. The van der Waals surface area contributed by atoms with Crippen molar-refractivity contribution in [3.63, 3.8) is 0 Å². The Morgan fingerprint density at radius 3 is 2.21 bits per heavy atom. The molecule has 1 fully saturated rings. The van der Waals surface area contributed by atoms with Crippen LogP contribution in [0.3, 0.4) is 0 Å². The van der Waals surface area contributed by atoms with Crippen LogP contribution < -0.4 is 0 Å². The number of hydrogen-bond donors (Lipinski definition) is 0. The standard InChI is InChI=1S/C11H18N2S/c1-11(2,3)9(8-12)10(14)13-6-4-5-7-13/h9H,4-7H2,1-3H3. The minimum atomic E-state index is -0.129. The highest BCUT2D eigenvalue weighted by molar-refractivity contribution is 7.80. The number of nitriles is 1. The van der Waals surface area contributed by atoms with Gasteiger partial charge in [-0.2, -0.15) is 5.26 Å². The minimum absolute atomic E-state index is 0.0472. The van der Waals surface area contributed by atoms with E-state index in [4.69, 9.17) is 17.5 Å². The van der Waals surface area contributed by atoms with Crippen molar-refractivity contribution in [3.8, 4) is 6.07 Å². The molecule has 2 nitrogen and oxygen atoms in total. The molecule has 78 valence electrons. The second-order valence-electron chi connectivity index (χ2n) is 4.96. The van der Waals surface area contributed by atoms with Crippen molar-refractivity contribution in [2.24, 2.45) is 11.3 Å². The van der Waals surface area contributed by atoms with E-state index in [9.17, 15) is 0 Å². The Hall–Kier alpha value is -0.620. The van der Waals surface area contributed by atoms with Crippen molar-refractivity contribution >= 4 is 17.2 Å². The first-order valence-corrected chi connectivity index (χ1v) is 5.56. The van der Waals surface area contributed by atoms with E-state index in [0.29, 0.717) is 0 Å². The molecule has 1 aliphatic rings.